The smallest absolute Gasteiger partial charge is 0.0146 e. The number of hydrogen-bond donors (Lipinski definition) is 0. The van der Waals surface area contributed by atoms with Gasteiger partial charge in [-0.2, -0.15) is 0 Å². The monoisotopic (exact) mass is 288 g/mol. The van der Waals surface area contributed by atoms with E-state index in [0.717, 1.165) is 35.5 Å². The molecule has 120 valence electrons. The maximum Gasteiger partial charge on any atom is -0.0146 e. The van der Waals surface area contributed by atoms with E-state index in [1.54, 1.807) is 5.57 Å². The van der Waals surface area contributed by atoms with Gasteiger partial charge in [-0.15, -0.1) is 0 Å². The summed E-state index contributed by atoms with van der Waals surface area (Å²) in [5.74, 6) is 5.93. The van der Waals surface area contributed by atoms with E-state index in [1.807, 2.05) is 0 Å². The van der Waals surface area contributed by atoms with Crippen molar-refractivity contribution in [3.63, 3.8) is 0 Å². The van der Waals surface area contributed by atoms with Crippen molar-refractivity contribution in [2.24, 2.45) is 35.5 Å². The molecule has 0 nitrogen and oxygen atoms in total. The SMILES string of the molecule is C=C1CCC2CCCCC2C1C1CCC(C)C(CCC)C1. The molecular formula is C21H36. The summed E-state index contributed by atoms with van der Waals surface area (Å²) in [5, 5.41) is 0. The number of hydrogen-bond acceptors (Lipinski definition) is 0. The van der Waals surface area contributed by atoms with Gasteiger partial charge in [0, 0.05) is 0 Å². The topological polar surface area (TPSA) is 0 Å². The molecule has 0 heterocycles. The Morgan fingerprint density at radius 1 is 1.00 bits per heavy atom. The van der Waals surface area contributed by atoms with E-state index in [1.165, 1.54) is 70.6 Å². The molecule has 0 radical (unpaired) electrons. The molecular weight excluding hydrogens is 252 g/mol. The van der Waals surface area contributed by atoms with Crippen molar-refractivity contribution in [2.45, 2.75) is 84.5 Å². The summed E-state index contributed by atoms with van der Waals surface area (Å²) in [7, 11) is 0. The fraction of sp³-hybridized carbons (Fsp3) is 0.905. The molecule has 0 heteroatoms. The van der Waals surface area contributed by atoms with Crippen molar-refractivity contribution in [3.05, 3.63) is 12.2 Å². The van der Waals surface area contributed by atoms with Crippen molar-refractivity contribution in [3.8, 4) is 0 Å². The molecule has 3 saturated carbocycles. The van der Waals surface area contributed by atoms with Crippen molar-refractivity contribution in [1.29, 1.82) is 0 Å². The maximum absolute atomic E-state index is 4.55. The Hall–Kier alpha value is -0.260. The second-order valence-corrected chi connectivity index (χ2v) is 8.53. The van der Waals surface area contributed by atoms with Crippen LogP contribution in [0.5, 0.6) is 0 Å². The zero-order chi connectivity index (χ0) is 14.8. The quantitative estimate of drug-likeness (QED) is 0.512. The molecule has 3 aliphatic rings. The summed E-state index contributed by atoms with van der Waals surface area (Å²) in [4.78, 5) is 0. The fourth-order valence-corrected chi connectivity index (χ4v) is 6.14. The summed E-state index contributed by atoms with van der Waals surface area (Å²) in [5.41, 5.74) is 1.65. The van der Waals surface area contributed by atoms with Gasteiger partial charge in [0.1, 0.15) is 0 Å². The summed E-state index contributed by atoms with van der Waals surface area (Å²) in [6.45, 7) is 9.43. The van der Waals surface area contributed by atoms with Gasteiger partial charge >= 0.3 is 0 Å². The third-order valence-electron chi connectivity index (χ3n) is 7.31. The summed E-state index contributed by atoms with van der Waals surface area (Å²) >= 11 is 0. The lowest BCUT2D eigenvalue weighted by Crippen LogP contribution is -2.39. The van der Waals surface area contributed by atoms with Crippen LogP contribution in [0.2, 0.25) is 0 Å². The minimum atomic E-state index is 0.899. The van der Waals surface area contributed by atoms with Gasteiger partial charge in [0.2, 0.25) is 0 Å². The molecule has 3 fully saturated rings. The van der Waals surface area contributed by atoms with E-state index in [0.29, 0.717) is 0 Å². The summed E-state index contributed by atoms with van der Waals surface area (Å²) in [6.07, 6.45) is 16.2. The first kappa shape index (κ1) is 15.6. The second-order valence-electron chi connectivity index (χ2n) is 8.53. The Bertz CT molecular complexity index is 355. The predicted molar refractivity (Wildman–Crippen MR) is 92.2 cm³/mol. The summed E-state index contributed by atoms with van der Waals surface area (Å²) in [6, 6.07) is 0. The van der Waals surface area contributed by atoms with Gasteiger partial charge in [0.15, 0.2) is 0 Å². The first-order valence-electron chi connectivity index (χ1n) is 9.88. The van der Waals surface area contributed by atoms with Gasteiger partial charge < -0.3 is 0 Å². The molecule has 21 heavy (non-hydrogen) atoms. The lowest BCUT2D eigenvalue weighted by molar-refractivity contribution is 0.0599. The Morgan fingerprint density at radius 2 is 1.81 bits per heavy atom. The molecule has 6 atom stereocenters. The molecule has 0 amide bonds. The van der Waals surface area contributed by atoms with Crippen LogP contribution in [0, 0.1) is 35.5 Å². The zero-order valence-corrected chi connectivity index (χ0v) is 14.4. The molecule has 6 unspecified atom stereocenters. The number of fused-ring (bicyclic) bond motifs is 1. The predicted octanol–water partition coefficient (Wildman–Crippen LogP) is 6.61. The van der Waals surface area contributed by atoms with Gasteiger partial charge in [-0.1, -0.05) is 64.5 Å². The first-order valence-corrected chi connectivity index (χ1v) is 9.88. The van der Waals surface area contributed by atoms with Crippen LogP contribution in [0.3, 0.4) is 0 Å². The van der Waals surface area contributed by atoms with E-state index in [-0.39, 0.29) is 0 Å². The second kappa shape index (κ2) is 6.88. The molecule has 0 aromatic heterocycles. The van der Waals surface area contributed by atoms with Gasteiger partial charge in [0.25, 0.3) is 0 Å². The molecule has 0 spiro atoms. The normalized spacial score (nSPS) is 44.4. The molecule has 3 rings (SSSR count). The van der Waals surface area contributed by atoms with Gasteiger partial charge in [-0.25, -0.2) is 0 Å². The third-order valence-corrected chi connectivity index (χ3v) is 7.31. The highest BCUT2D eigenvalue weighted by Crippen LogP contribution is 2.52. The van der Waals surface area contributed by atoms with E-state index >= 15 is 0 Å². The van der Waals surface area contributed by atoms with Crippen molar-refractivity contribution in [2.75, 3.05) is 0 Å². The average molecular weight is 289 g/mol. The largest absolute Gasteiger partial charge is 0.0996 e. The Balaban J connectivity index is 1.72. The Labute approximate surface area is 132 Å². The molecule has 0 N–H and O–H groups in total. The van der Waals surface area contributed by atoms with Crippen LogP contribution in [0.15, 0.2) is 12.2 Å². The van der Waals surface area contributed by atoms with Gasteiger partial charge in [-0.05, 0) is 67.6 Å². The zero-order valence-electron chi connectivity index (χ0n) is 14.4. The minimum Gasteiger partial charge on any atom is -0.0996 e. The van der Waals surface area contributed by atoms with E-state index < -0.39 is 0 Å². The van der Waals surface area contributed by atoms with Crippen LogP contribution >= 0.6 is 0 Å². The standard InChI is InChI=1S/C21H36/c1-4-7-18-14-19(13-10-15(18)2)21-16(3)11-12-17-8-5-6-9-20(17)21/h15,17-21H,3-14H2,1-2H3. The molecule has 0 aromatic carbocycles. The molecule has 0 bridgehead atoms. The van der Waals surface area contributed by atoms with Crippen molar-refractivity contribution in [1.82, 2.24) is 0 Å². The first-order chi connectivity index (χ1) is 10.2. The fourth-order valence-electron chi connectivity index (χ4n) is 6.14. The highest BCUT2D eigenvalue weighted by molar-refractivity contribution is 5.11. The van der Waals surface area contributed by atoms with Gasteiger partial charge in [-0.3, -0.25) is 0 Å². The highest BCUT2D eigenvalue weighted by atomic mass is 14.5. The van der Waals surface area contributed by atoms with E-state index in [2.05, 4.69) is 20.4 Å². The van der Waals surface area contributed by atoms with Crippen LogP contribution in [-0.2, 0) is 0 Å². The Kier molecular flexibility index (Phi) is 5.12. The van der Waals surface area contributed by atoms with Crippen LogP contribution in [0.1, 0.15) is 84.5 Å². The van der Waals surface area contributed by atoms with E-state index in [9.17, 15) is 0 Å². The van der Waals surface area contributed by atoms with Crippen LogP contribution in [-0.4, -0.2) is 0 Å². The minimum absolute atomic E-state index is 0.899. The van der Waals surface area contributed by atoms with Crippen LogP contribution in [0.25, 0.3) is 0 Å². The van der Waals surface area contributed by atoms with Crippen molar-refractivity contribution >= 4 is 0 Å². The third kappa shape index (κ3) is 3.25. The number of rotatable bonds is 3. The highest BCUT2D eigenvalue weighted by Gasteiger charge is 2.42. The molecule has 0 aliphatic heterocycles. The average Bonchev–Trinajstić information content (AvgIpc) is 2.50. The maximum atomic E-state index is 4.55. The molecule has 0 aromatic rings. The van der Waals surface area contributed by atoms with Crippen molar-refractivity contribution < 1.29 is 0 Å². The Morgan fingerprint density at radius 3 is 2.62 bits per heavy atom. The van der Waals surface area contributed by atoms with Gasteiger partial charge in [0.05, 0.1) is 0 Å². The number of allylic oxidation sites excluding steroid dienone is 1. The molecule has 3 aliphatic carbocycles. The molecule has 0 saturated heterocycles. The van der Waals surface area contributed by atoms with E-state index in [4.69, 9.17) is 0 Å². The summed E-state index contributed by atoms with van der Waals surface area (Å²) < 4.78 is 0. The van der Waals surface area contributed by atoms with Crippen LogP contribution < -0.4 is 0 Å². The lowest BCUT2D eigenvalue weighted by Gasteiger charge is -2.48. The lowest BCUT2D eigenvalue weighted by atomic mass is 9.57. The van der Waals surface area contributed by atoms with Crippen LogP contribution in [0.4, 0.5) is 0 Å².